The molecule has 38 heavy (non-hydrogen) atoms. The highest BCUT2D eigenvalue weighted by Gasteiger charge is 2.25. The van der Waals surface area contributed by atoms with E-state index < -0.39 is 34.8 Å². The fourth-order valence-corrected chi connectivity index (χ4v) is 3.92. The van der Waals surface area contributed by atoms with Gasteiger partial charge in [-0.25, -0.2) is 4.39 Å². The molecule has 1 atom stereocenters. The van der Waals surface area contributed by atoms with E-state index in [2.05, 4.69) is 5.32 Å². The van der Waals surface area contributed by atoms with Crippen LogP contribution in [0.3, 0.4) is 0 Å². The third-order valence-corrected chi connectivity index (χ3v) is 5.59. The van der Waals surface area contributed by atoms with Crippen molar-refractivity contribution in [3.8, 4) is 22.6 Å². The number of pyridine rings is 1. The first-order chi connectivity index (χ1) is 17.9. The minimum absolute atomic E-state index is 0.131. The molecular formula is C28H33FN2O7. The zero-order chi connectivity index (χ0) is 28.0. The molecule has 1 unspecified atom stereocenters. The second kappa shape index (κ2) is 12.1. The largest absolute Gasteiger partial charge is 0.497 e. The predicted molar refractivity (Wildman–Crippen MR) is 141 cm³/mol. The number of carboxylic acids is 1. The van der Waals surface area contributed by atoms with Crippen LogP contribution >= 0.6 is 0 Å². The summed E-state index contributed by atoms with van der Waals surface area (Å²) < 4.78 is 32.9. The fraction of sp³-hybridized carbons (Fsp3) is 0.393. The number of esters is 1. The molecule has 0 aliphatic rings. The standard InChI is InChI=1S/C28H33FN2O7/c1-6-13-37-22-12-11-20(29)24-25(22)31(15-19(26(24)33)17-7-9-18(36-5)10-8-17)16-21(27(34)35)30-14-23(32)38-28(2,3)4/h7-12,15,21,30H,6,13-14,16H2,1-5H3,(H,34,35). The summed E-state index contributed by atoms with van der Waals surface area (Å²) in [6.45, 7) is 6.75. The molecule has 2 N–H and O–H groups in total. The number of aromatic nitrogens is 1. The topological polar surface area (TPSA) is 116 Å². The number of carbonyl (C=O) groups excluding carboxylic acids is 1. The van der Waals surface area contributed by atoms with Crippen molar-refractivity contribution in [1.82, 2.24) is 9.88 Å². The van der Waals surface area contributed by atoms with Crippen molar-refractivity contribution >= 4 is 22.8 Å². The molecule has 3 rings (SSSR count). The van der Waals surface area contributed by atoms with Gasteiger partial charge in [-0.15, -0.1) is 0 Å². The van der Waals surface area contributed by atoms with Gasteiger partial charge in [0.15, 0.2) is 5.43 Å². The van der Waals surface area contributed by atoms with Crippen LogP contribution in [0.15, 0.2) is 47.4 Å². The monoisotopic (exact) mass is 528 g/mol. The summed E-state index contributed by atoms with van der Waals surface area (Å²) in [6.07, 6.45) is 2.15. The average molecular weight is 529 g/mol. The Morgan fingerprint density at radius 3 is 2.39 bits per heavy atom. The van der Waals surface area contributed by atoms with Crippen molar-refractivity contribution in [2.75, 3.05) is 20.3 Å². The molecule has 0 radical (unpaired) electrons. The van der Waals surface area contributed by atoms with Gasteiger partial charge in [-0.05, 0) is 57.0 Å². The first kappa shape index (κ1) is 28.6. The lowest BCUT2D eigenvalue weighted by Gasteiger charge is -2.23. The summed E-state index contributed by atoms with van der Waals surface area (Å²) in [5.74, 6) is -1.79. The van der Waals surface area contributed by atoms with Crippen LogP contribution in [0.1, 0.15) is 34.1 Å². The number of rotatable bonds is 11. The number of hydrogen-bond donors (Lipinski definition) is 2. The van der Waals surface area contributed by atoms with Crippen molar-refractivity contribution in [1.29, 1.82) is 0 Å². The third-order valence-electron chi connectivity index (χ3n) is 5.59. The van der Waals surface area contributed by atoms with Gasteiger partial charge in [0.2, 0.25) is 0 Å². The number of nitrogens with zero attached hydrogens (tertiary/aromatic N) is 1. The second-order valence-corrected chi connectivity index (χ2v) is 9.73. The molecule has 9 nitrogen and oxygen atoms in total. The van der Waals surface area contributed by atoms with E-state index in [0.717, 1.165) is 6.07 Å². The number of aliphatic carboxylic acids is 1. The molecule has 0 bridgehead atoms. The van der Waals surface area contributed by atoms with Crippen molar-refractivity contribution in [3.63, 3.8) is 0 Å². The molecule has 1 aromatic heterocycles. The number of ether oxygens (including phenoxy) is 3. The van der Waals surface area contributed by atoms with Crippen LogP contribution in [0.5, 0.6) is 11.5 Å². The summed E-state index contributed by atoms with van der Waals surface area (Å²) in [5.41, 5.74) is -0.495. The molecule has 0 fully saturated rings. The first-order valence-corrected chi connectivity index (χ1v) is 12.3. The zero-order valence-corrected chi connectivity index (χ0v) is 22.2. The Hall–Kier alpha value is -3.92. The summed E-state index contributed by atoms with van der Waals surface area (Å²) in [5, 5.41) is 12.4. The first-order valence-electron chi connectivity index (χ1n) is 12.3. The SMILES string of the molecule is CCCOc1ccc(F)c2c(=O)c(-c3ccc(OC)cc3)cn(CC(NCC(=O)OC(C)(C)C)C(=O)O)c12. The van der Waals surface area contributed by atoms with Gasteiger partial charge in [-0.2, -0.15) is 0 Å². The molecular weight excluding hydrogens is 495 g/mol. The normalized spacial score (nSPS) is 12.3. The van der Waals surface area contributed by atoms with Crippen LogP contribution in [-0.4, -0.2) is 53.5 Å². The lowest BCUT2D eigenvalue weighted by atomic mass is 10.0. The van der Waals surface area contributed by atoms with Crippen molar-refractivity contribution in [2.45, 2.75) is 52.3 Å². The van der Waals surface area contributed by atoms with E-state index in [1.54, 1.807) is 45.0 Å². The molecule has 0 spiro atoms. The minimum atomic E-state index is -1.26. The molecule has 1 heterocycles. The van der Waals surface area contributed by atoms with E-state index in [1.165, 1.54) is 23.9 Å². The molecule has 10 heteroatoms. The molecule has 3 aromatic rings. The zero-order valence-electron chi connectivity index (χ0n) is 22.2. The second-order valence-electron chi connectivity index (χ2n) is 9.73. The Morgan fingerprint density at radius 2 is 1.82 bits per heavy atom. The van der Waals surface area contributed by atoms with E-state index in [9.17, 15) is 19.5 Å². The molecule has 0 aliphatic heterocycles. The summed E-state index contributed by atoms with van der Waals surface area (Å²) in [6, 6.07) is 7.98. The van der Waals surface area contributed by atoms with Gasteiger partial charge in [0.05, 0.1) is 31.2 Å². The van der Waals surface area contributed by atoms with Gasteiger partial charge in [-0.3, -0.25) is 19.7 Å². The highest BCUT2D eigenvalue weighted by Crippen LogP contribution is 2.30. The predicted octanol–water partition coefficient (Wildman–Crippen LogP) is 3.99. The quantitative estimate of drug-likeness (QED) is 0.359. The van der Waals surface area contributed by atoms with E-state index in [0.29, 0.717) is 24.3 Å². The third kappa shape index (κ3) is 6.89. The van der Waals surface area contributed by atoms with E-state index in [-0.39, 0.29) is 35.3 Å². The Balaban J connectivity index is 2.14. The number of hydrogen-bond acceptors (Lipinski definition) is 7. The average Bonchev–Trinajstić information content (AvgIpc) is 2.86. The Bertz CT molecular complexity index is 1360. The lowest BCUT2D eigenvalue weighted by molar-refractivity contribution is -0.154. The highest BCUT2D eigenvalue weighted by atomic mass is 19.1. The number of carboxylic acid groups (broad SMARTS) is 1. The van der Waals surface area contributed by atoms with Crippen LogP contribution in [0, 0.1) is 5.82 Å². The van der Waals surface area contributed by atoms with Crippen LogP contribution in [0.2, 0.25) is 0 Å². The molecule has 204 valence electrons. The summed E-state index contributed by atoms with van der Waals surface area (Å²) in [7, 11) is 1.52. The van der Waals surface area contributed by atoms with Crippen LogP contribution in [-0.2, 0) is 20.9 Å². The highest BCUT2D eigenvalue weighted by molar-refractivity contribution is 5.89. The molecule has 0 aliphatic carbocycles. The number of methoxy groups -OCH3 is 1. The van der Waals surface area contributed by atoms with Gasteiger partial charge in [0, 0.05) is 18.3 Å². The smallest absolute Gasteiger partial charge is 0.322 e. The van der Waals surface area contributed by atoms with Crippen LogP contribution in [0.25, 0.3) is 22.0 Å². The fourth-order valence-electron chi connectivity index (χ4n) is 3.92. The maximum absolute atomic E-state index is 15.2. The Labute approximate surface area is 220 Å². The molecule has 2 aromatic carbocycles. The van der Waals surface area contributed by atoms with Crippen LogP contribution < -0.4 is 20.2 Å². The summed E-state index contributed by atoms with van der Waals surface area (Å²) >= 11 is 0. The minimum Gasteiger partial charge on any atom is -0.497 e. The number of carbonyl (C=O) groups is 2. The number of nitrogens with one attached hydrogen (secondary N) is 1. The van der Waals surface area contributed by atoms with Gasteiger partial charge >= 0.3 is 11.9 Å². The van der Waals surface area contributed by atoms with Gasteiger partial charge in [0.1, 0.15) is 29.0 Å². The molecule has 0 saturated carbocycles. The number of halogens is 1. The van der Waals surface area contributed by atoms with E-state index >= 15 is 4.39 Å². The molecule has 0 saturated heterocycles. The maximum Gasteiger partial charge on any atom is 0.322 e. The molecule has 0 amide bonds. The maximum atomic E-state index is 15.2. The van der Waals surface area contributed by atoms with Crippen molar-refractivity contribution in [3.05, 3.63) is 58.6 Å². The lowest BCUT2D eigenvalue weighted by Crippen LogP contribution is -2.44. The van der Waals surface area contributed by atoms with E-state index in [1.807, 2.05) is 6.92 Å². The summed E-state index contributed by atoms with van der Waals surface area (Å²) in [4.78, 5) is 37.9. The Morgan fingerprint density at radius 1 is 1.13 bits per heavy atom. The van der Waals surface area contributed by atoms with Gasteiger partial charge in [0.25, 0.3) is 0 Å². The van der Waals surface area contributed by atoms with Crippen LogP contribution in [0.4, 0.5) is 4.39 Å². The van der Waals surface area contributed by atoms with Crippen molar-refractivity contribution in [2.24, 2.45) is 0 Å². The Kier molecular flexibility index (Phi) is 9.11. The van der Waals surface area contributed by atoms with Gasteiger partial charge in [-0.1, -0.05) is 19.1 Å². The van der Waals surface area contributed by atoms with Crippen molar-refractivity contribution < 1.29 is 33.3 Å². The van der Waals surface area contributed by atoms with Gasteiger partial charge < -0.3 is 23.9 Å². The van der Waals surface area contributed by atoms with E-state index in [4.69, 9.17) is 14.2 Å². The number of fused-ring (bicyclic) bond motifs is 1. The number of benzene rings is 2.